The molecule has 1 nitrogen and oxygen atoms in total. The molecule has 0 saturated heterocycles. The molecule has 3 aromatic rings. The van der Waals surface area contributed by atoms with Crippen molar-refractivity contribution in [2.45, 2.75) is 26.4 Å². The molecular formula is C26H16F6O. The van der Waals surface area contributed by atoms with Crippen LogP contribution in [0.3, 0.4) is 0 Å². The van der Waals surface area contributed by atoms with Gasteiger partial charge in [0.25, 0.3) is 0 Å². The summed E-state index contributed by atoms with van der Waals surface area (Å²) in [6.07, 6.45) is 1.23. The SMILES string of the molecule is CCCc1cc(F)c(C#Cc2cc(F)c(C#Cc3ccc(OC(F)F)cc3)c(F)c2)c(F)c1. The maximum absolute atomic E-state index is 14.4. The zero-order valence-corrected chi connectivity index (χ0v) is 17.3. The van der Waals surface area contributed by atoms with Crippen LogP contribution in [0.4, 0.5) is 26.3 Å². The Morgan fingerprint density at radius 2 is 1.18 bits per heavy atom. The van der Waals surface area contributed by atoms with E-state index < -0.39 is 41.0 Å². The Labute approximate surface area is 187 Å². The van der Waals surface area contributed by atoms with E-state index >= 15 is 0 Å². The largest absolute Gasteiger partial charge is 0.435 e. The van der Waals surface area contributed by atoms with Crippen molar-refractivity contribution in [1.82, 2.24) is 0 Å². The summed E-state index contributed by atoms with van der Waals surface area (Å²) >= 11 is 0. The summed E-state index contributed by atoms with van der Waals surface area (Å²) in [6.45, 7) is -1.09. The third kappa shape index (κ3) is 6.33. The quantitative estimate of drug-likeness (QED) is 0.316. The van der Waals surface area contributed by atoms with Crippen molar-refractivity contribution in [3.05, 3.63) is 99.6 Å². The lowest BCUT2D eigenvalue weighted by atomic mass is 10.1. The number of hydrogen-bond acceptors (Lipinski definition) is 1. The molecule has 0 atom stereocenters. The lowest BCUT2D eigenvalue weighted by Gasteiger charge is -2.03. The summed E-state index contributed by atoms with van der Waals surface area (Å²) in [5.41, 5.74) is -0.333. The molecule has 3 aromatic carbocycles. The highest BCUT2D eigenvalue weighted by Gasteiger charge is 2.11. The van der Waals surface area contributed by atoms with Crippen LogP contribution in [-0.2, 0) is 6.42 Å². The number of rotatable bonds is 4. The number of hydrogen-bond donors (Lipinski definition) is 0. The second-order valence-electron chi connectivity index (χ2n) is 6.90. The van der Waals surface area contributed by atoms with E-state index in [1.807, 2.05) is 6.92 Å². The normalized spacial score (nSPS) is 10.3. The van der Waals surface area contributed by atoms with Crippen LogP contribution in [0.25, 0.3) is 0 Å². The average Bonchev–Trinajstić information content (AvgIpc) is 2.73. The van der Waals surface area contributed by atoms with Gasteiger partial charge in [0, 0.05) is 11.1 Å². The number of aryl methyl sites for hydroxylation is 1. The average molecular weight is 458 g/mol. The summed E-state index contributed by atoms with van der Waals surface area (Å²) in [5, 5.41) is 0. The van der Waals surface area contributed by atoms with E-state index in [4.69, 9.17) is 0 Å². The molecule has 0 heterocycles. The van der Waals surface area contributed by atoms with E-state index in [9.17, 15) is 26.3 Å². The Morgan fingerprint density at radius 1 is 0.697 bits per heavy atom. The zero-order valence-electron chi connectivity index (χ0n) is 17.3. The van der Waals surface area contributed by atoms with Gasteiger partial charge in [-0.15, -0.1) is 0 Å². The first-order valence-electron chi connectivity index (χ1n) is 9.82. The molecule has 0 aliphatic carbocycles. The second kappa shape index (κ2) is 10.7. The van der Waals surface area contributed by atoms with Gasteiger partial charge in [0.05, 0.1) is 11.1 Å². The fraction of sp³-hybridized carbons (Fsp3) is 0.154. The molecule has 0 amide bonds. The lowest BCUT2D eigenvalue weighted by molar-refractivity contribution is -0.0498. The molecule has 0 fully saturated rings. The Hall–Kier alpha value is -3.84. The standard InChI is InChI=1S/C26H16F6O/c1-2-3-17-12-22(27)21(23(28)13-17)11-7-18-14-24(29)20(25(30)15-18)10-6-16-4-8-19(9-5-16)33-26(31)32/h4-5,8-9,12-15,26H,2-3H2,1H3. The van der Waals surface area contributed by atoms with Crippen molar-refractivity contribution in [2.75, 3.05) is 0 Å². The van der Waals surface area contributed by atoms with Gasteiger partial charge in [-0.25, -0.2) is 17.6 Å². The van der Waals surface area contributed by atoms with Gasteiger partial charge in [0.1, 0.15) is 29.0 Å². The van der Waals surface area contributed by atoms with Gasteiger partial charge in [-0.2, -0.15) is 8.78 Å². The first kappa shape index (κ1) is 23.8. The van der Waals surface area contributed by atoms with Gasteiger partial charge < -0.3 is 4.74 Å². The van der Waals surface area contributed by atoms with Crippen LogP contribution in [0, 0.1) is 47.0 Å². The van der Waals surface area contributed by atoms with Gasteiger partial charge >= 0.3 is 6.61 Å². The first-order valence-corrected chi connectivity index (χ1v) is 9.82. The van der Waals surface area contributed by atoms with E-state index in [0.717, 1.165) is 18.6 Å². The molecule has 0 unspecified atom stereocenters. The van der Waals surface area contributed by atoms with Crippen molar-refractivity contribution >= 4 is 0 Å². The molecule has 3 rings (SSSR count). The number of alkyl halides is 2. The summed E-state index contributed by atoms with van der Waals surface area (Å²) in [5.74, 6) is 5.71. The molecule has 0 bridgehead atoms. The Bertz CT molecular complexity index is 1230. The Morgan fingerprint density at radius 3 is 1.67 bits per heavy atom. The predicted octanol–water partition coefficient (Wildman–Crippen LogP) is 6.60. The third-order valence-electron chi connectivity index (χ3n) is 4.43. The maximum Gasteiger partial charge on any atom is 0.387 e. The Kier molecular flexibility index (Phi) is 7.69. The van der Waals surface area contributed by atoms with Gasteiger partial charge in [0.2, 0.25) is 0 Å². The molecule has 0 aliphatic rings. The van der Waals surface area contributed by atoms with E-state index in [1.54, 1.807) is 0 Å². The fourth-order valence-corrected chi connectivity index (χ4v) is 2.93. The monoisotopic (exact) mass is 458 g/mol. The molecule has 0 N–H and O–H groups in total. The summed E-state index contributed by atoms with van der Waals surface area (Å²) in [4.78, 5) is 0. The third-order valence-corrected chi connectivity index (χ3v) is 4.43. The second-order valence-corrected chi connectivity index (χ2v) is 6.90. The van der Waals surface area contributed by atoms with Crippen molar-refractivity contribution in [2.24, 2.45) is 0 Å². The van der Waals surface area contributed by atoms with Gasteiger partial charge in [-0.3, -0.25) is 0 Å². The predicted molar refractivity (Wildman–Crippen MR) is 112 cm³/mol. The minimum Gasteiger partial charge on any atom is -0.435 e. The van der Waals surface area contributed by atoms with Gasteiger partial charge in [-0.05, 0) is 60.5 Å². The van der Waals surface area contributed by atoms with Gasteiger partial charge in [0.15, 0.2) is 0 Å². The number of benzene rings is 3. The smallest absolute Gasteiger partial charge is 0.387 e. The van der Waals surface area contributed by atoms with Crippen molar-refractivity contribution in [1.29, 1.82) is 0 Å². The van der Waals surface area contributed by atoms with Crippen LogP contribution in [0.2, 0.25) is 0 Å². The summed E-state index contributed by atoms with van der Waals surface area (Å²) in [7, 11) is 0. The molecule has 0 saturated carbocycles. The lowest BCUT2D eigenvalue weighted by Crippen LogP contribution is -2.01. The number of halogens is 6. The van der Waals surface area contributed by atoms with Gasteiger partial charge in [-0.1, -0.05) is 37.0 Å². The molecular weight excluding hydrogens is 442 g/mol. The minimum atomic E-state index is -2.97. The first-order chi connectivity index (χ1) is 15.8. The van der Waals surface area contributed by atoms with E-state index in [-0.39, 0.29) is 11.3 Å². The molecule has 7 heteroatoms. The Balaban J connectivity index is 1.84. The van der Waals surface area contributed by atoms with E-state index in [1.165, 1.54) is 36.4 Å². The highest BCUT2D eigenvalue weighted by molar-refractivity contribution is 5.50. The zero-order chi connectivity index (χ0) is 24.0. The fourth-order valence-electron chi connectivity index (χ4n) is 2.93. The van der Waals surface area contributed by atoms with Crippen molar-refractivity contribution < 1.29 is 31.1 Å². The molecule has 0 aromatic heterocycles. The van der Waals surface area contributed by atoms with Crippen LogP contribution in [0.1, 0.15) is 41.2 Å². The highest BCUT2D eigenvalue weighted by Crippen LogP contribution is 2.18. The molecule has 0 radical (unpaired) electrons. The van der Waals surface area contributed by atoms with Crippen molar-refractivity contribution in [3.63, 3.8) is 0 Å². The summed E-state index contributed by atoms with van der Waals surface area (Å²) in [6, 6.07) is 9.38. The molecule has 33 heavy (non-hydrogen) atoms. The summed E-state index contributed by atoms with van der Waals surface area (Å²) < 4.78 is 85.6. The molecule has 0 spiro atoms. The van der Waals surface area contributed by atoms with Crippen LogP contribution in [0.15, 0.2) is 48.5 Å². The van der Waals surface area contributed by atoms with Crippen LogP contribution in [-0.4, -0.2) is 6.61 Å². The molecule has 0 aliphatic heterocycles. The minimum absolute atomic E-state index is 0.0799. The topological polar surface area (TPSA) is 9.23 Å². The highest BCUT2D eigenvalue weighted by atomic mass is 19.3. The van der Waals surface area contributed by atoms with Crippen LogP contribution in [0.5, 0.6) is 5.75 Å². The van der Waals surface area contributed by atoms with Crippen LogP contribution < -0.4 is 4.74 Å². The van der Waals surface area contributed by atoms with Crippen LogP contribution >= 0.6 is 0 Å². The maximum atomic E-state index is 14.4. The number of ether oxygens (including phenoxy) is 1. The van der Waals surface area contributed by atoms with E-state index in [2.05, 4.69) is 28.4 Å². The van der Waals surface area contributed by atoms with E-state index in [0.29, 0.717) is 17.5 Å². The van der Waals surface area contributed by atoms with Crippen molar-refractivity contribution in [3.8, 4) is 29.4 Å². The molecule has 168 valence electrons.